The van der Waals surface area contributed by atoms with Crippen LogP contribution in [0, 0.1) is 5.82 Å². The molecule has 5 nitrogen and oxygen atoms in total. The lowest BCUT2D eigenvalue weighted by atomic mass is 10.1. The van der Waals surface area contributed by atoms with Gasteiger partial charge in [0, 0.05) is 47.5 Å². The van der Waals surface area contributed by atoms with Crippen molar-refractivity contribution >= 4 is 17.5 Å². The average Bonchev–Trinajstić information content (AvgIpc) is 3.22. The fourth-order valence-electron chi connectivity index (χ4n) is 3.30. The minimum Gasteiger partial charge on any atom is -0.329 e. The third-order valence-corrected chi connectivity index (χ3v) is 5.19. The maximum absolute atomic E-state index is 14.1. The molecule has 0 aliphatic carbocycles. The maximum Gasteiger partial charge on any atom is 0.254 e. The highest BCUT2D eigenvalue weighted by Crippen LogP contribution is 2.17. The van der Waals surface area contributed by atoms with Gasteiger partial charge in [0.2, 0.25) is 0 Å². The van der Waals surface area contributed by atoms with Crippen LogP contribution in [0.1, 0.15) is 27.3 Å². The van der Waals surface area contributed by atoms with Crippen molar-refractivity contribution in [1.29, 1.82) is 0 Å². The molecule has 0 saturated carbocycles. The minimum atomic E-state index is -0.270. The standard InChI is InChI=1S/C24H20ClFN4O/c25-21-7-5-19(6-8-21)24(31)30(15-18-9-11-27-12-10-18)17-23-28-13-14-29(23)16-20-3-1-2-4-22(20)26/h1-14H,15-17H2. The largest absolute Gasteiger partial charge is 0.329 e. The Hall–Kier alpha value is -3.51. The molecule has 2 aromatic carbocycles. The number of imidazole rings is 1. The fraction of sp³-hybridized carbons (Fsp3) is 0.125. The molecule has 0 aliphatic rings. The highest BCUT2D eigenvalue weighted by molar-refractivity contribution is 6.30. The second-order valence-electron chi connectivity index (χ2n) is 7.09. The van der Waals surface area contributed by atoms with Crippen LogP contribution < -0.4 is 0 Å². The monoisotopic (exact) mass is 434 g/mol. The molecule has 31 heavy (non-hydrogen) atoms. The number of halogens is 2. The number of aromatic nitrogens is 3. The van der Waals surface area contributed by atoms with Crippen LogP contribution in [0.4, 0.5) is 4.39 Å². The van der Waals surface area contributed by atoms with Gasteiger partial charge in [-0.05, 0) is 48.0 Å². The molecular weight excluding hydrogens is 415 g/mol. The summed E-state index contributed by atoms with van der Waals surface area (Å²) in [6.45, 7) is 0.988. The first kappa shape index (κ1) is 20.8. The summed E-state index contributed by atoms with van der Waals surface area (Å²) >= 11 is 5.98. The van der Waals surface area contributed by atoms with Gasteiger partial charge in [0.15, 0.2) is 0 Å². The van der Waals surface area contributed by atoms with Crippen molar-refractivity contribution in [2.75, 3.05) is 0 Å². The summed E-state index contributed by atoms with van der Waals surface area (Å²) in [5.74, 6) is 0.251. The molecule has 7 heteroatoms. The Bertz CT molecular complexity index is 1160. The van der Waals surface area contributed by atoms with Crippen molar-refractivity contribution in [2.45, 2.75) is 19.6 Å². The Morgan fingerprint density at radius 3 is 2.45 bits per heavy atom. The first-order valence-corrected chi connectivity index (χ1v) is 10.1. The van der Waals surface area contributed by atoms with E-state index >= 15 is 0 Å². The Balaban J connectivity index is 1.61. The van der Waals surface area contributed by atoms with Crippen LogP contribution in [0.5, 0.6) is 0 Å². The van der Waals surface area contributed by atoms with Crippen LogP contribution in [-0.2, 0) is 19.6 Å². The zero-order valence-electron chi connectivity index (χ0n) is 16.7. The van der Waals surface area contributed by atoms with Crippen molar-refractivity contribution in [1.82, 2.24) is 19.4 Å². The molecule has 2 aromatic heterocycles. The van der Waals surface area contributed by atoms with Gasteiger partial charge >= 0.3 is 0 Å². The van der Waals surface area contributed by atoms with Gasteiger partial charge in [-0.3, -0.25) is 9.78 Å². The zero-order valence-corrected chi connectivity index (χ0v) is 17.4. The van der Waals surface area contributed by atoms with Crippen LogP contribution in [0.15, 0.2) is 85.5 Å². The second-order valence-corrected chi connectivity index (χ2v) is 7.52. The summed E-state index contributed by atoms with van der Waals surface area (Å²) in [6, 6.07) is 17.2. The minimum absolute atomic E-state index is 0.145. The van der Waals surface area contributed by atoms with Gasteiger partial charge in [-0.25, -0.2) is 9.37 Å². The third-order valence-electron chi connectivity index (χ3n) is 4.93. The Kier molecular flexibility index (Phi) is 6.38. The summed E-state index contributed by atoms with van der Waals surface area (Å²) in [7, 11) is 0. The summed E-state index contributed by atoms with van der Waals surface area (Å²) in [5.41, 5.74) is 2.04. The summed E-state index contributed by atoms with van der Waals surface area (Å²) in [6.07, 6.45) is 6.84. The van der Waals surface area contributed by atoms with Crippen molar-refractivity contribution in [3.05, 3.63) is 119 Å². The van der Waals surface area contributed by atoms with E-state index in [-0.39, 0.29) is 18.3 Å². The molecule has 2 heterocycles. The van der Waals surface area contributed by atoms with Crippen molar-refractivity contribution < 1.29 is 9.18 Å². The van der Waals surface area contributed by atoms with E-state index in [1.54, 1.807) is 72.2 Å². The molecule has 0 unspecified atom stereocenters. The van der Waals surface area contributed by atoms with E-state index in [0.29, 0.717) is 35.1 Å². The third kappa shape index (κ3) is 5.16. The molecule has 4 aromatic rings. The van der Waals surface area contributed by atoms with Crippen molar-refractivity contribution in [3.8, 4) is 0 Å². The van der Waals surface area contributed by atoms with Gasteiger partial charge in [-0.1, -0.05) is 29.8 Å². The molecule has 1 amide bonds. The zero-order chi connectivity index (χ0) is 21.6. The number of hydrogen-bond donors (Lipinski definition) is 0. The lowest BCUT2D eigenvalue weighted by Gasteiger charge is -2.23. The van der Waals surface area contributed by atoms with Gasteiger partial charge in [0.25, 0.3) is 5.91 Å². The molecule has 0 bridgehead atoms. The molecule has 0 fully saturated rings. The highest BCUT2D eigenvalue weighted by atomic mass is 35.5. The summed E-state index contributed by atoms with van der Waals surface area (Å²) in [4.78, 5) is 23.5. The molecule has 0 spiro atoms. The molecule has 4 rings (SSSR count). The Labute approximate surface area is 184 Å². The first-order chi connectivity index (χ1) is 15.1. The van der Waals surface area contributed by atoms with E-state index in [2.05, 4.69) is 9.97 Å². The molecule has 156 valence electrons. The average molecular weight is 435 g/mol. The molecule has 0 radical (unpaired) electrons. The van der Waals surface area contributed by atoms with Gasteiger partial charge in [0.05, 0.1) is 13.1 Å². The summed E-state index contributed by atoms with van der Waals surface area (Å²) in [5, 5.41) is 0.567. The smallest absolute Gasteiger partial charge is 0.254 e. The van der Waals surface area contributed by atoms with Crippen LogP contribution in [0.2, 0.25) is 5.02 Å². The van der Waals surface area contributed by atoms with Crippen LogP contribution in [0.3, 0.4) is 0 Å². The van der Waals surface area contributed by atoms with E-state index < -0.39 is 0 Å². The number of hydrogen-bond acceptors (Lipinski definition) is 3. The van der Waals surface area contributed by atoms with Gasteiger partial charge in [0.1, 0.15) is 11.6 Å². The normalized spacial score (nSPS) is 10.8. The lowest BCUT2D eigenvalue weighted by molar-refractivity contribution is 0.0723. The SMILES string of the molecule is O=C(c1ccc(Cl)cc1)N(Cc1ccncc1)Cc1nccn1Cc1ccccc1F. The van der Waals surface area contributed by atoms with Gasteiger partial charge in [-0.2, -0.15) is 0 Å². The van der Waals surface area contributed by atoms with Crippen LogP contribution in [0.25, 0.3) is 0 Å². The van der Waals surface area contributed by atoms with E-state index in [1.165, 1.54) is 6.07 Å². The number of rotatable bonds is 7. The fourth-order valence-corrected chi connectivity index (χ4v) is 3.43. The lowest BCUT2D eigenvalue weighted by Crippen LogP contribution is -2.31. The number of carbonyl (C=O) groups is 1. The van der Waals surface area contributed by atoms with E-state index in [9.17, 15) is 9.18 Å². The molecule has 0 saturated heterocycles. The van der Waals surface area contributed by atoms with Gasteiger partial charge in [-0.15, -0.1) is 0 Å². The van der Waals surface area contributed by atoms with E-state index in [4.69, 9.17) is 11.6 Å². The predicted molar refractivity (Wildman–Crippen MR) is 117 cm³/mol. The van der Waals surface area contributed by atoms with E-state index in [1.807, 2.05) is 16.7 Å². The Morgan fingerprint density at radius 2 is 1.71 bits per heavy atom. The second kappa shape index (κ2) is 9.53. The number of carbonyl (C=O) groups excluding carboxylic acids is 1. The van der Waals surface area contributed by atoms with Gasteiger partial charge < -0.3 is 9.47 Å². The quantitative estimate of drug-likeness (QED) is 0.413. The first-order valence-electron chi connectivity index (χ1n) is 9.77. The van der Waals surface area contributed by atoms with Crippen LogP contribution in [-0.4, -0.2) is 25.3 Å². The van der Waals surface area contributed by atoms with Crippen molar-refractivity contribution in [3.63, 3.8) is 0 Å². The van der Waals surface area contributed by atoms with Crippen LogP contribution >= 0.6 is 11.6 Å². The number of amides is 1. The number of nitrogens with zero attached hydrogens (tertiary/aromatic N) is 4. The number of benzene rings is 2. The maximum atomic E-state index is 14.1. The highest BCUT2D eigenvalue weighted by Gasteiger charge is 2.19. The predicted octanol–water partition coefficient (Wildman–Crippen LogP) is 4.96. The number of pyridine rings is 1. The molecular formula is C24H20ClFN4O. The summed E-state index contributed by atoms with van der Waals surface area (Å²) < 4.78 is 16.0. The van der Waals surface area contributed by atoms with Crippen molar-refractivity contribution in [2.24, 2.45) is 0 Å². The molecule has 0 N–H and O–H groups in total. The molecule has 0 atom stereocenters. The topological polar surface area (TPSA) is 51.0 Å². The Morgan fingerprint density at radius 1 is 0.968 bits per heavy atom. The van der Waals surface area contributed by atoms with E-state index in [0.717, 1.165) is 5.56 Å². The molecule has 0 aliphatic heterocycles.